The molecule has 0 saturated heterocycles. The Morgan fingerprint density at radius 1 is 1.08 bits per heavy atom. The van der Waals surface area contributed by atoms with Crippen LogP contribution in [0.15, 0.2) is 41.2 Å². The molecular weight excluding hydrogens is 348 g/mol. The molecule has 3 aromatic rings. The highest BCUT2D eigenvalue weighted by Crippen LogP contribution is 2.16. The van der Waals surface area contributed by atoms with Crippen LogP contribution in [0.25, 0.3) is 0 Å². The van der Waals surface area contributed by atoms with Gasteiger partial charge in [0, 0.05) is 36.3 Å². The number of thiophene rings is 1. The lowest BCUT2D eigenvalue weighted by Crippen LogP contribution is -2.28. The van der Waals surface area contributed by atoms with Gasteiger partial charge in [-0.1, -0.05) is 0 Å². The second-order valence-corrected chi connectivity index (χ2v) is 6.50. The highest BCUT2D eigenvalue weighted by molar-refractivity contribution is 7.08. The summed E-state index contributed by atoms with van der Waals surface area (Å²) < 4.78 is 0. The van der Waals surface area contributed by atoms with Crippen molar-refractivity contribution in [2.75, 3.05) is 23.7 Å². The van der Waals surface area contributed by atoms with Crippen molar-refractivity contribution < 1.29 is 4.79 Å². The van der Waals surface area contributed by atoms with E-state index in [4.69, 9.17) is 0 Å². The van der Waals surface area contributed by atoms with E-state index in [-0.39, 0.29) is 5.91 Å². The summed E-state index contributed by atoms with van der Waals surface area (Å²) in [7, 11) is 0. The Bertz CT molecular complexity index is 881. The first-order valence-corrected chi connectivity index (χ1v) is 9.14. The van der Waals surface area contributed by atoms with Gasteiger partial charge in [0.2, 0.25) is 0 Å². The van der Waals surface area contributed by atoms with Gasteiger partial charge in [0.1, 0.15) is 23.3 Å². The lowest BCUT2D eigenvalue weighted by Gasteiger charge is -2.10. The van der Waals surface area contributed by atoms with E-state index >= 15 is 0 Å². The third kappa shape index (κ3) is 5.00. The van der Waals surface area contributed by atoms with Crippen LogP contribution < -0.4 is 16.0 Å². The maximum Gasteiger partial charge on any atom is 0.252 e. The Morgan fingerprint density at radius 2 is 1.92 bits per heavy atom. The maximum atomic E-state index is 11.9. The van der Waals surface area contributed by atoms with E-state index in [0.29, 0.717) is 36.1 Å². The third-order valence-corrected chi connectivity index (χ3v) is 4.19. The van der Waals surface area contributed by atoms with E-state index in [2.05, 4.69) is 30.9 Å². The average molecular weight is 368 g/mol. The van der Waals surface area contributed by atoms with Gasteiger partial charge in [-0.15, -0.1) is 0 Å². The number of amides is 1. The van der Waals surface area contributed by atoms with Gasteiger partial charge in [0.15, 0.2) is 0 Å². The molecule has 3 heterocycles. The van der Waals surface area contributed by atoms with E-state index in [0.717, 1.165) is 11.4 Å². The molecule has 0 bridgehead atoms. The van der Waals surface area contributed by atoms with Crippen LogP contribution in [0.3, 0.4) is 0 Å². The fourth-order valence-corrected chi connectivity index (χ4v) is 2.96. The Balaban J connectivity index is 1.55. The van der Waals surface area contributed by atoms with E-state index in [1.165, 1.54) is 11.3 Å². The Labute approximate surface area is 155 Å². The van der Waals surface area contributed by atoms with Gasteiger partial charge >= 0.3 is 0 Å². The molecule has 0 spiro atoms. The smallest absolute Gasteiger partial charge is 0.252 e. The number of pyridine rings is 1. The molecule has 0 fully saturated rings. The van der Waals surface area contributed by atoms with Crippen LogP contribution in [0.5, 0.6) is 0 Å². The van der Waals surface area contributed by atoms with Crippen molar-refractivity contribution >= 4 is 34.7 Å². The minimum absolute atomic E-state index is 0.0696. The van der Waals surface area contributed by atoms with Crippen LogP contribution in [0.4, 0.5) is 17.5 Å². The number of hydrogen-bond donors (Lipinski definition) is 3. The van der Waals surface area contributed by atoms with Crippen molar-refractivity contribution in [3.8, 4) is 0 Å². The lowest BCUT2D eigenvalue weighted by atomic mass is 10.3. The molecule has 7 nitrogen and oxygen atoms in total. The fourth-order valence-electron chi connectivity index (χ4n) is 2.32. The Morgan fingerprint density at radius 3 is 2.69 bits per heavy atom. The van der Waals surface area contributed by atoms with Gasteiger partial charge < -0.3 is 16.0 Å². The third-order valence-electron chi connectivity index (χ3n) is 3.51. The number of aromatic nitrogens is 3. The zero-order chi connectivity index (χ0) is 18.4. The molecule has 0 aromatic carbocycles. The number of hydrogen-bond acceptors (Lipinski definition) is 7. The predicted octanol–water partition coefficient (Wildman–Crippen LogP) is 3.14. The molecule has 26 heavy (non-hydrogen) atoms. The molecular formula is C18H20N6OS. The number of anilines is 3. The number of rotatable bonds is 7. The van der Waals surface area contributed by atoms with E-state index in [9.17, 15) is 4.79 Å². The molecule has 3 rings (SSSR count). The molecule has 0 radical (unpaired) electrons. The van der Waals surface area contributed by atoms with Gasteiger partial charge in [-0.05, 0) is 43.0 Å². The molecule has 3 N–H and O–H groups in total. The van der Waals surface area contributed by atoms with E-state index < -0.39 is 0 Å². The molecule has 8 heteroatoms. The van der Waals surface area contributed by atoms with Crippen molar-refractivity contribution in [1.29, 1.82) is 0 Å². The number of nitrogens with one attached hydrogen (secondary N) is 3. The zero-order valence-electron chi connectivity index (χ0n) is 14.6. The molecule has 0 atom stereocenters. The van der Waals surface area contributed by atoms with Crippen LogP contribution in [-0.4, -0.2) is 33.9 Å². The first-order chi connectivity index (χ1) is 12.6. The first-order valence-electron chi connectivity index (χ1n) is 8.20. The number of carbonyl (C=O) groups excluding carboxylic acids is 1. The largest absolute Gasteiger partial charge is 0.368 e. The van der Waals surface area contributed by atoms with Gasteiger partial charge in [-0.25, -0.2) is 15.0 Å². The highest BCUT2D eigenvalue weighted by atomic mass is 32.1. The average Bonchev–Trinajstić information content (AvgIpc) is 3.13. The minimum Gasteiger partial charge on any atom is -0.368 e. The quantitative estimate of drug-likeness (QED) is 0.555. The molecule has 134 valence electrons. The van der Waals surface area contributed by atoms with Crippen LogP contribution in [-0.2, 0) is 0 Å². The standard InChI is InChI=1S/C18H20N6OS/c1-12-3-5-19-15(9-12)24-17-10-16(22-13(2)23-17)20-6-7-21-18(25)14-4-8-26-11-14/h3-5,8-11H,6-7H2,1-2H3,(H,21,25)(H2,19,20,22,23,24). The summed E-state index contributed by atoms with van der Waals surface area (Å²) in [4.78, 5) is 24.9. The Kier molecular flexibility index (Phi) is 5.75. The fraction of sp³-hybridized carbons (Fsp3) is 0.222. The second kappa shape index (κ2) is 8.39. The monoisotopic (exact) mass is 368 g/mol. The summed E-state index contributed by atoms with van der Waals surface area (Å²) in [5.41, 5.74) is 1.80. The number of nitrogens with zero attached hydrogens (tertiary/aromatic N) is 3. The maximum absolute atomic E-state index is 11.9. The summed E-state index contributed by atoms with van der Waals surface area (Å²) in [6, 6.07) is 7.51. The van der Waals surface area contributed by atoms with Gasteiger partial charge in [0.25, 0.3) is 5.91 Å². The number of carbonyl (C=O) groups is 1. The first kappa shape index (κ1) is 17.8. The summed E-state index contributed by atoms with van der Waals surface area (Å²) in [5.74, 6) is 2.67. The van der Waals surface area contributed by atoms with Crippen molar-refractivity contribution in [1.82, 2.24) is 20.3 Å². The SMILES string of the molecule is Cc1ccnc(Nc2cc(NCCNC(=O)c3ccsc3)nc(C)n2)c1. The minimum atomic E-state index is -0.0696. The summed E-state index contributed by atoms with van der Waals surface area (Å²) in [6.45, 7) is 4.90. The molecule has 0 aliphatic carbocycles. The molecule has 0 saturated carbocycles. The van der Waals surface area contributed by atoms with E-state index in [1.807, 2.05) is 42.8 Å². The molecule has 3 aromatic heterocycles. The van der Waals surface area contributed by atoms with Crippen LogP contribution in [0, 0.1) is 13.8 Å². The second-order valence-electron chi connectivity index (χ2n) is 5.72. The topological polar surface area (TPSA) is 91.8 Å². The normalized spacial score (nSPS) is 10.4. The lowest BCUT2D eigenvalue weighted by molar-refractivity contribution is 0.0955. The van der Waals surface area contributed by atoms with Crippen molar-refractivity contribution in [3.05, 3.63) is 58.2 Å². The Hall–Kier alpha value is -3.00. The zero-order valence-corrected chi connectivity index (χ0v) is 15.4. The van der Waals surface area contributed by atoms with Crippen molar-refractivity contribution in [3.63, 3.8) is 0 Å². The molecule has 0 aliphatic rings. The number of aryl methyl sites for hydroxylation is 2. The molecule has 0 aliphatic heterocycles. The van der Waals surface area contributed by atoms with Crippen LogP contribution in [0.2, 0.25) is 0 Å². The van der Waals surface area contributed by atoms with E-state index in [1.54, 1.807) is 12.3 Å². The summed E-state index contributed by atoms with van der Waals surface area (Å²) in [5, 5.41) is 13.0. The van der Waals surface area contributed by atoms with Gasteiger partial charge in [-0.3, -0.25) is 4.79 Å². The molecule has 1 amide bonds. The molecule has 0 unspecified atom stereocenters. The van der Waals surface area contributed by atoms with Crippen molar-refractivity contribution in [2.24, 2.45) is 0 Å². The predicted molar refractivity (Wildman–Crippen MR) is 104 cm³/mol. The van der Waals surface area contributed by atoms with Crippen LogP contribution in [0.1, 0.15) is 21.7 Å². The highest BCUT2D eigenvalue weighted by Gasteiger charge is 2.06. The van der Waals surface area contributed by atoms with Gasteiger partial charge in [-0.2, -0.15) is 11.3 Å². The van der Waals surface area contributed by atoms with Crippen molar-refractivity contribution in [2.45, 2.75) is 13.8 Å². The van der Waals surface area contributed by atoms with Crippen LogP contribution >= 0.6 is 11.3 Å². The summed E-state index contributed by atoms with van der Waals surface area (Å²) in [6.07, 6.45) is 1.75. The van der Waals surface area contributed by atoms with Gasteiger partial charge in [0.05, 0.1) is 0 Å². The summed E-state index contributed by atoms with van der Waals surface area (Å²) >= 11 is 1.50.